The zero-order chi connectivity index (χ0) is 29.3. The fourth-order valence-corrected chi connectivity index (χ4v) is 5.29. The topological polar surface area (TPSA) is 62.1 Å². The van der Waals surface area contributed by atoms with Crippen molar-refractivity contribution in [1.29, 1.82) is 0 Å². The van der Waals surface area contributed by atoms with Gasteiger partial charge in [0.1, 0.15) is 22.9 Å². The van der Waals surface area contributed by atoms with Crippen molar-refractivity contribution in [1.82, 2.24) is 14.7 Å². The third-order valence-corrected chi connectivity index (χ3v) is 7.28. The highest BCUT2D eigenvalue weighted by atomic mass is 35.5. The molecule has 3 heterocycles. The van der Waals surface area contributed by atoms with E-state index in [1.807, 2.05) is 18.7 Å². The number of amides is 1. The number of aryl methyl sites for hydroxylation is 1. The van der Waals surface area contributed by atoms with E-state index in [-0.39, 0.29) is 24.2 Å². The fraction of sp³-hybridized carbons (Fsp3) is 0.310. The maximum Gasteiger partial charge on any atom is 0.573 e. The second-order valence-electron chi connectivity index (χ2n) is 9.83. The molecule has 4 aromatic rings. The summed E-state index contributed by atoms with van der Waals surface area (Å²) in [5.74, 6) is -0.992. The van der Waals surface area contributed by atoms with Crippen LogP contribution in [-0.2, 0) is 13.0 Å². The molecular formula is C29H28ClF4N5O2. The van der Waals surface area contributed by atoms with Crippen LogP contribution in [0.2, 0.25) is 5.02 Å². The molecule has 0 bridgehead atoms. The van der Waals surface area contributed by atoms with Crippen LogP contribution in [0.5, 0.6) is 5.75 Å². The van der Waals surface area contributed by atoms with E-state index in [4.69, 9.17) is 11.6 Å². The summed E-state index contributed by atoms with van der Waals surface area (Å²) in [6.07, 6.45) is -2.48. The zero-order valence-electron chi connectivity index (χ0n) is 22.4. The third-order valence-electron chi connectivity index (χ3n) is 7.05. The van der Waals surface area contributed by atoms with Crippen LogP contribution in [0.4, 0.5) is 28.9 Å². The lowest BCUT2D eigenvalue weighted by atomic mass is 10.1. The zero-order valence-corrected chi connectivity index (χ0v) is 23.1. The monoisotopic (exact) mass is 589 g/mol. The van der Waals surface area contributed by atoms with Gasteiger partial charge in [0.25, 0.3) is 5.91 Å². The number of fused-ring (bicyclic) bond motifs is 1. The van der Waals surface area contributed by atoms with E-state index >= 15 is 4.39 Å². The van der Waals surface area contributed by atoms with Crippen molar-refractivity contribution in [2.24, 2.45) is 0 Å². The Labute approximate surface area is 239 Å². The first-order chi connectivity index (χ1) is 19.5. The van der Waals surface area contributed by atoms with E-state index in [9.17, 15) is 18.0 Å². The van der Waals surface area contributed by atoms with E-state index in [0.717, 1.165) is 5.69 Å². The molecule has 1 amide bonds. The number of halogens is 5. The van der Waals surface area contributed by atoms with Crippen LogP contribution >= 0.6 is 11.6 Å². The van der Waals surface area contributed by atoms with Gasteiger partial charge in [0, 0.05) is 55.2 Å². The SMILES string of the molecule is CCc1nc2cc(Cl)ccn2c1C(=O)NCc1ccc(N2CCN(c3ccc(OC(F)(F)F)cc3)[C@H](C)C2)c(F)c1. The van der Waals surface area contributed by atoms with Crippen molar-refractivity contribution < 1.29 is 27.1 Å². The molecule has 1 saturated heterocycles. The average Bonchev–Trinajstić information content (AvgIpc) is 3.29. The number of alkyl halides is 3. The number of piperazine rings is 1. The number of benzene rings is 2. The number of aromatic nitrogens is 2. The largest absolute Gasteiger partial charge is 0.573 e. The summed E-state index contributed by atoms with van der Waals surface area (Å²) in [6, 6.07) is 14.0. The summed E-state index contributed by atoms with van der Waals surface area (Å²) >= 11 is 6.06. The van der Waals surface area contributed by atoms with E-state index in [2.05, 4.69) is 19.9 Å². The summed E-state index contributed by atoms with van der Waals surface area (Å²) in [4.78, 5) is 21.6. The van der Waals surface area contributed by atoms with Crippen molar-refractivity contribution in [3.63, 3.8) is 0 Å². The number of nitrogens with zero attached hydrogens (tertiary/aromatic N) is 4. The number of rotatable bonds is 7. The maximum absolute atomic E-state index is 15.2. The number of carbonyl (C=O) groups is 1. The molecule has 1 fully saturated rings. The number of nitrogens with one attached hydrogen (secondary N) is 1. The molecule has 1 atom stereocenters. The molecule has 1 aliphatic rings. The van der Waals surface area contributed by atoms with Crippen LogP contribution in [0.1, 0.15) is 35.6 Å². The van der Waals surface area contributed by atoms with Gasteiger partial charge in [0.15, 0.2) is 0 Å². The number of anilines is 2. The molecule has 41 heavy (non-hydrogen) atoms. The van der Waals surface area contributed by atoms with Crippen LogP contribution < -0.4 is 19.9 Å². The minimum atomic E-state index is -4.74. The summed E-state index contributed by atoms with van der Waals surface area (Å²) in [5.41, 5.74) is 3.47. The number of ether oxygens (including phenoxy) is 1. The van der Waals surface area contributed by atoms with E-state index in [1.165, 1.54) is 18.2 Å². The van der Waals surface area contributed by atoms with Crippen LogP contribution in [0.3, 0.4) is 0 Å². The fourth-order valence-electron chi connectivity index (χ4n) is 5.14. The highest BCUT2D eigenvalue weighted by molar-refractivity contribution is 6.30. The molecule has 0 unspecified atom stereocenters. The lowest BCUT2D eigenvalue weighted by Gasteiger charge is -2.42. The van der Waals surface area contributed by atoms with Crippen LogP contribution in [0.25, 0.3) is 5.65 Å². The Balaban J connectivity index is 1.21. The van der Waals surface area contributed by atoms with Crippen LogP contribution in [0.15, 0.2) is 60.8 Å². The van der Waals surface area contributed by atoms with Gasteiger partial charge in [0.2, 0.25) is 0 Å². The third kappa shape index (κ3) is 6.35. The first-order valence-electron chi connectivity index (χ1n) is 13.1. The van der Waals surface area contributed by atoms with Gasteiger partial charge in [-0.05, 0) is 61.4 Å². The highest BCUT2D eigenvalue weighted by Crippen LogP contribution is 2.29. The van der Waals surface area contributed by atoms with Crippen molar-refractivity contribution in [2.45, 2.75) is 39.2 Å². The molecule has 0 spiro atoms. The summed E-state index contributed by atoms with van der Waals surface area (Å²) < 4.78 is 58.2. The van der Waals surface area contributed by atoms with Gasteiger partial charge in [-0.1, -0.05) is 24.6 Å². The highest BCUT2D eigenvalue weighted by Gasteiger charge is 2.31. The summed E-state index contributed by atoms with van der Waals surface area (Å²) in [7, 11) is 0. The molecular weight excluding hydrogens is 562 g/mol. The van der Waals surface area contributed by atoms with E-state index < -0.39 is 12.2 Å². The van der Waals surface area contributed by atoms with Crippen molar-refractivity contribution >= 4 is 34.5 Å². The average molecular weight is 590 g/mol. The standard InChI is InChI=1S/C29H28ClF4N5O2/c1-3-24-27(39-11-10-20(30)15-26(39)36-24)28(40)35-16-19-4-9-25(23(31)14-19)37-12-13-38(18(2)17-37)21-5-7-22(8-6-21)41-29(32,33)34/h4-11,14-15,18H,3,12-13,16-17H2,1-2H3,(H,35,40)/t18-/m1/s1. The molecule has 1 N–H and O–H groups in total. The normalized spacial score (nSPS) is 15.8. The Kier molecular flexibility index (Phi) is 7.99. The van der Waals surface area contributed by atoms with Gasteiger partial charge in [-0.15, -0.1) is 13.2 Å². The maximum atomic E-state index is 15.2. The Bertz CT molecular complexity index is 1560. The number of carbonyl (C=O) groups excluding carboxylic acids is 1. The predicted octanol–water partition coefficient (Wildman–Crippen LogP) is 6.23. The minimum Gasteiger partial charge on any atom is -0.406 e. The number of hydrogen-bond acceptors (Lipinski definition) is 5. The summed E-state index contributed by atoms with van der Waals surface area (Å²) in [5, 5.41) is 3.39. The molecule has 0 saturated carbocycles. The predicted molar refractivity (Wildman–Crippen MR) is 149 cm³/mol. The van der Waals surface area contributed by atoms with Crippen molar-refractivity contribution in [2.75, 3.05) is 29.4 Å². The quantitative estimate of drug-likeness (QED) is 0.259. The minimum absolute atomic E-state index is 0.0235. The lowest BCUT2D eigenvalue weighted by molar-refractivity contribution is -0.274. The van der Waals surface area contributed by atoms with Gasteiger partial charge in [-0.3, -0.25) is 9.20 Å². The van der Waals surface area contributed by atoms with Gasteiger partial charge in [0.05, 0.1) is 11.4 Å². The summed E-state index contributed by atoms with van der Waals surface area (Å²) in [6.45, 7) is 5.63. The van der Waals surface area contributed by atoms with Crippen LogP contribution in [0, 0.1) is 5.82 Å². The number of hydrogen-bond donors (Lipinski definition) is 1. The molecule has 7 nitrogen and oxygen atoms in total. The number of pyridine rings is 1. The van der Waals surface area contributed by atoms with Gasteiger partial charge in [-0.2, -0.15) is 0 Å². The number of imidazole rings is 1. The first-order valence-corrected chi connectivity index (χ1v) is 13.5. The van der Waals surface area contributed by atoms with E-state index in [0.29, 0.717) is 59.4 Å². The molecule has 216 valence electrons. The second kappa shape index (κ2) is 11.5. The smallest absolute Gasteiger partial charge is 0.406 e. The molecule has 0 radical (unpaired) electrons. The molecule has 1 aliphatic heterocycles. The van der Waals surface area contributed by atoms with Gasteiger partial charge >= 0.3 is 6.36 Å². The van der Waals surface area contributed by atoms with Crippen molar-refractivity contribution in [3.8, 4) is 5.75 Å². The molecule has 5 rings (SSSR count). The van der Waals surface area contributed by atoms with E-state index in [1.54, 1.807) is 47.0 Å². The molecule has 12 heteroatoms. The second-order valence-corrected chi connectivity index (χ2v) is 10.3. The molecule has 0 aliphatic carbocycles. The Morgan fingerprint density at radius 3 is 2.54 bits per heavy atom. The van der Waals surface area contributed by atoms with Gasteiger partial charge < -0.3 is 19.9 Å². The first kappa shape index (κ1) is 28.5. The Morgan fingerprint density at radius 2 is 1.88 bits per heavy atom. The lowest BCUT2D eigenvalue weighted by Crippen LogP contribution is -2.52. The Hall–Kier alpha value is -3.99. The Morgan fingerprint density at radius 1 is 1.12 bits per heavy atom. The molecule has 2 aromatic heterocycles. The van der Waals surface area contributed by atoms with Crippen molar-refractivity contribution in [3.05, 3.63) is 88.6 Å². The van der Waals surface area contributed by atoms with Crippen LogP contribution in [-0.4, -0.2) is 47.3 Å². The van der Waals surface area contributed by atoms with Gasteiger partial charge in [-0.25, -0.2) is 9.37 Å². The molecule has 2 aromatic carbocycles.